The van der Waals surface area contributed by atoms with Gasteiger partial charge in [0, 0.05) is 27.4 Å². The van der Waals surface area contributed by atoms with Crippen molar-refractivity contribution in [2.75, 3.05) is 0 Å². The van der Waals surface area contributed by atoms with Gasteiger partial charge in [0.25, 0.3) is 0 Å². The van der Waals surface area contributed by atoms with E-state index < -0.39 is 0 Å². The van der Waals surface area contributed by atoms with Crippen LogP contribution in [0.4, 0.5) is 0 Å². The van der Waals surface area contributed by atoms with E-state index in [1.54, 1.807) is 0 Å². The van der Waals surface area contributed by atoms with Gasteiger partial charge in [0.1, 0.15) is 0 Å². The average molecular weight is 435 g/mol. The van der Waals surface area contributed by atoms with E-state index in [-0.39, 0.29) is 0 Å². The van der Waals surface area contributed by atoms with Crippen molar-refractivity contribution in [1.82, 2.24) is 9.55 Å². The van der Waals surface area contributed by atoms with Crippen LogP contribution in [0.25, 0.3) is 60.4 Å². The van der Waals surface area contributed by atoms with E-state index in [1.807, 2.05) is 0 Å². The van der Waals surface area contributed by atoms with Crippen molar-refractivity contribution in [2.24, 2.45) is 0 Å². The summed E-state index contributed by atoms with van der Waals surface area (Å²) in [4.78, 5) is 5.29. The Morgan fingerprint density at radius 3 is 2.12 bits per heavy atom. The molecular weight excluding hydrogens is 412 g/mol. The van der Waals surface area contributed by atoms with E-state index in [9.17, 15) is 0 Å². The van der Waals surface area contributed by atoms with E-state index in [4.69, 9.17) is 4.98 Å². The number of fused-ring (bicyclic) bond motifs is 6. The van der Waals surface area contributed by atoms with Crippen LogP contribution < -0.4 is 0 Å². The van der Waals surface area contributed by atoms with Crippen LogP contribution in [0.15, 0.2) is 115 Å². The van der Waals surface area contributed by atoms with Crippen molar-refractivity contribution < 1.29 is 0 Å². The second-order valence-corrected chi connectivity index (χ2v) is 8.85. The van der Waals surface area contributed by atoms with Gasteiger partial charge in [-0.3, -0.25) is 0 Å². The zero-order valence-electron chi connectivity index (χ0n) is 18.9. The van der Waals surface area contributed by atoms with Crippen LogP contribution in [0.3, 0.4) is 0 Å². The van der Waals surface area contributed by atoms with Gasteiger partial charge in [0.05, 0.1) is 22.2 Å². The summed E-state index contributed by atoms with van der Waals surface area (Å²) in [6, 6.07) is 40.9. The van der Waals surface area contributed by atoms with Crippen molar-refractivity contribution in [1.29, 1.82) is 0 Å². The van der Waals surface area contributed by atoms with E-state index in [0.29, 0.717) is 0 Å². The molecule has 0 amide bonds. The van der Waals surface area contributed by atoms with Gasteiger partial charge < -0.3 is 4.57 Å². The summed E-state index contributed by atoms with van der Waals surface area (Å²) < 4.78 is 2.40. The Kier molecular flexibility index (Phi) is 4.09. The van der Waals surface area contributed by atoms with Crippen molar-refractivity contribution in [3.8, 4) is 16.9 Å². The minimum Gasteiger partial charge on any atom is -0.308 e. The number of hydrogen-bond acceptors (Lipinski definition) is 1. The lowest BCUT2D eigenvalue weighted by Gasteiger charge is -2.14. The molecule has 0 atom stereocenters. The van der Waals surface area contributed by atoms with Gasteiger partial charge in [-0.15, -0.1) is 0 Å². The van der Waals surface area contributed by atoms with Crippen LogP contribution in [0.1, 0.15) is 5.56 Å². The van der Waals surface area contributed by atoms with E-state index in [0.717, 1.165) is 16.9 Å². The zero-order valence-corrected chi connectivity index (χ0v) is 18.9. The molecule has 160 valence electrons. The fourth-order valence-corrected chi connectivity index (χ4v) is 5.41. The number of benzene rings is 5. The molecule has 2 aromatic heterocycles. The number of pyridine rings is 1. The van der Waals surface area contributed by atoms with Gasteiger partial charge >= 0.3 is 0 Å². The molecule has 0 fully saturated rings. The minimum absolute atomic E-state index is 1.01. The molecule has 0 spiro atoms. The molecule has 0 radical (unpaired) electrons. The van der Waals surface area contributed by atoms with E-state index in [1.165, 1.54) is 49.1 Å². The number of rotatable bonds is 2. The maximum absolute atomic E-state index is 5.29. The third-order valence-electron chi connectivity index (χ3n) is 6.97. The van der Waals surface area contributed by atoms with Crippen LogP contribution in [0.2, 0.25) is 0 Å². The van der Waals surface area contributed by atoms with Crippen molar-refractivity contribution >= 4 is 43.5 Å². The predicted octanol–water partition coefficient (Wildman–Crippen LogP) is 8.46. The number of aryl methyl sites for hydroxylation is 1. The molecule has 34 heavy (non-hydrogen) atoms. The first-order valence-electron chi connectivity index (χ1n) is 11.7. The lowest BCUT2D eigenvalue weighted by molar-refractivity contribution is 1.18. The molecule has 2 heteroatoms. The minimum atomic E-state index is 1.01. The normalized spacial score (nSPS) is 11.7. The monoisotopic (exact) mass is 434 g/mol. The maximum atomic E-state index is 5.29. The average Bonchev–Trinajstić information content (AvgIpc) is 3.25. The van der Waals surface area contributed by atoms with Gasteiger partial charge in [-0.1, -0.05) is 91.0 Å². The maximum Gasteiger partial charge on any atom is 0.0812 e. The Labute approximate surface area is 197 Å². The number of nitrogens with zero attached hydrogens (tertiary/aromatic N) is 2. The summed E-state index contributed by atoms with van der Waals surface area (Å²) in [5.74, 6) is 0. The fraction of sp³-hybridized carbons (Fsp3) is 0.0312. The first-order valence-corrected chi connectivity index (χ1v) is 11.7. The molecular formula is C32H22N2. The molecule has 0 aliphatic carbocycles. The van der Waals surface area contributed by atoms with E-state index in [2.05, 4.69) is 127 Å². The lowest BCUT2D eigenvalue weighted by Crippen LogP contribution is -1.96. The van der Waals surface area contributed by atoms with Crippen molar-refractivity contribution in [2.45, 2.75) is 6.92 Å². The second kappa shape index (κ2) is 7.29. The number of aromatic nitrogens is 2. The molecule has 0 aliphatic rings. The Hall–Kier alpha value is -4.43. The van der Waals surface area contributed by atoms with Crippen LogP contribution in [0, 0.1) is 6.92 Å². The Morgan fingerprint density at radius 1 is 0.588 bits per heavy atom. The first kappa shape index (κ1) is 19.1. The summed E-state index contributed by atoms with van der Waals surface area (Å²) in [6.45, 7) is 2.22. The molecule has 0 N–H and O–H groups in total. The topological polar surface area (TPSA) is 17.8 Å². The van der Waals surface area contributed by atoms with Crippen molar-refractivity contribution in [3.05, 3.63) is 121 Å². The third kappa shape index (κ3) is 2.66. The molecule has 7 rings (SSSR count). The van der Waals surface area contributed by atoms with Gasteiger partial charge in [0.2, 0.25) is 0 Å². The Morgan fingerprint density at radius 2 is 1.26 bits per heavy atom. The largest absolute Gasteiger partial charge is 0.308 e. The van der Waals surface area contributed by atoms with Crippen LogP contribution in [-0.4, -0.2) is 9.55 Å². The molecule has 0 aliphatic heterocycles. The molecule has 0 saturated heterocycles. The molecule has 2 nitrogen and oxygen atoms in total. The smallest absolute Gasteiger partial charge is 0.0812 e. The highest BCUT2D eigenvalue weighted by atomic mass is 15.0. The molecule has 2 heterocycles. The standard InChI is InChI=1S/C32H22N2/c1-21-24-14-6-5-11-22(24)19-20-25(21)31-30-27-16-8-10-18-29(27)34(23-12-3-2-4-13-23)32(30)26-15-7-9-17-28(26)33-31/h2-20H,1H3. The summed E-state index contributed by atoms with van der Waals surface area (Å²) in [5.41, 5.74) is 8.07. The van der Waals surface area contributed by atoms with Gasteiger partial charge in [0.15, 0.2) is 0 Å². The molecule has 5 aromatic carbocycles. The van der Waals surface area contributed by atoms with Crippen LogP contribution in [-0.2, 0) is 0 Å². The number of hydrogen-bond donors (Lipinski definition) is 0. The van der Waals surface area contributed by atoms with Gasteiger partial charge in [-0.05, 0) is 47.5 Å². The molecule has 0 bridgehead atoms. The van der Waals surface area contributed by atoms with Gasteiger partial charge in [-0.2, -0.15) is 0 Å². The highest BCUT2D eigenvalue weighted by molar-refractivity contribution is 6.22. The molecule has 0 unspecified atom stereocenters. The van der Waals surface area contributed by atoms with Crippen LogP contribution >= 0.6 is 0 Å². The third-order valence-corrected chi connectivity index (χ3v) is 6.97. The lowest BCUT2D eigenvalue weighted by atomic mass is 9.95. The Bertz CT molecular complexity index is 1860. The Balaban J connectivity index is 1.73. The fourth-order valence-electron chi connectivity index (χ4n) is 5.41. The van der Waals surface area contributed by atoms with Crippen molar-refractivity contribution in [3.63, 3.8) is 0 Å². The highest BCUT2D eigenvalue weighted by Crippen LogP contribution is 2.42. The predicted molar refractivity (Wildman–Crippen MR) is 144 cm³/mol. The zero-order chi connectivity index (χ0) is 22.6. The van der Waals surface area contributed by atoms with Gasteiger partial charge in [-0.25, -0.2) is 4.98 Å². The highest BCUT2D eigenvalue weighted by Gasteiger charge is 2.21. The molecule has 0 saturated carbocycles. The quantitative estimate of drug-likeness (QED) is 0.267. The first-order chi connectivity index (χ1) is 16.8. The van der Waals surface area contributed by atoms with E-state index >= 15 is 0 Å². The summed E-state index contributed by atoms with van der Waals surface area (Å²) in [6.07, 6.45) is 0. The summed E-state index contributed by atoms with van der Waals surface area (Å²) in [7, 11) is 0. The van der Waals surface area contributed by atoms with Crippen LogP contribution in [0.5, 0.6) is 0 Å². The SMILES string of the molecule is Cc1c(-c2nc3ccccc3c3c2c2ccccc2n3-c2ccccc2)ccc2ccccc12. The summed E-state index contributed by atoms with van der Waals surface area (Å²) >= 11 is 0. The second-order valence-electron chi connectivity index (χ2n) is 8.85. The summed E-state index contributed by atoms with van der Waals surface area (Å²) in [5, 5.41) is 6.13. The molecule has 7 aromatic rings. The number of para-hydroxylation sites is 3.